The van der Waals surface area contributed by atoms with Crippen molar-refractivity contribution in [1.82, 2.24) is 19.9 Å². The molecular weight excluding hydrogens is 340 g/mol. The monoisotopic (exact) mass is 372 g/mol. The summed E-state index contributed by atoms with van der Waals surface area (Å²) in [5.41, 5.74) is 0.732. The number of nitrogens with zero attached hydrogens (tertiary/aromatic N) is 4. The molecule has 6 nitrogen and oxygen atoms in total. The van der Waals surface area contributed by atoms with E-state index in [9.17, 15) is 0 Å². The molecule has 1 aliphatic rings. The van der Waals surface area contributed by atoms with Gasteiger partial charge in [-0.3, -0.25) is 0 Å². The molecule has 0 bridgehead atoms. The number of aromatic nitrogens is 2. The molecule has 2 heterocycles. The van der Waals surface area contributed by atoms with Crippen molar-refractivity contribution in [3.8, 4) is 0 Å². The fourth-order valence-electron chi connectivity index (χ4n) is 3.76. The molecule has 0 spiro atoms. The number of hydrogen-bond acceptors (Lipinski definition) is 6. The number of methoxy groups -OCH3 is 1. The predicted molar refractivity (Wildman–Crippen MR) is 106 cm³/mol. The van der Waals surface area contributed by atoms with E-state index in [0.717, 1.165) is 57.9 Å². The van der Waals surface area contributed by atoms with E-state index in [4.69, 9.17) is 9.26 Å². The smallest absolute Gasteiger partial charge is 0.258 e. The highest BCUT2D eigenvalue weighted by Gasteiger charge is 2.41. The standard InChI is InChI=1S/C21H32N4O2/c1-4-24(5-2)15-16-25-13-11-21(26-3,12-14-25)20-22-19(23-27-20)17-18-9-7-6-8-10-18/h6-10H,4-5,11-17H2,1-3H3. The minimum Gasteiger partial charge on any atom is -0.368 e. The Kier molecular flexibility index (Phi) is 6.99. The fourth-order valence-corrected chi connectivity index (χ4v) is 3.76. The largest absolute Gasteiger partial charge is 0.368 e. The molecule has 0 saturated carbocycles. The summed E-state index contributed by atoms with van der Waals surface area (Å²) in [4.78, 5) is 9.64. The fraction of sp³-hybridized carbons (Fsp3) is 0.619. The van der Waals surface area contributed by atoms with Gasteiger partial charge in [-0.2, -0.15) is 4.98 Å². The first-order chi connectivity index (χ1) is 13.2. The molecule has 0 aliphatic carbocycles. The molecule has 0 radical (unpaired) electrons. The molecule has 0 amide bonds. The number of likely N-dealkylation sites (N-methyl/N-ethyl adjacent to an activating group) is 1. The summed E-state index contributed by atoms with van der Waals surface area (Å²) < 4.78 is 11.5. The Morgan fingerprint density at radius 2 is 1.85 bits per heavy atom. The predicted octanol–water partition coefficient (Wildman–Crippen LogP) is 2.94. The zero-order chi connectivity index (χ0) is 19.1. The van der Waals surface area contributed by atoms with Gasteiger partial charge in [-0.05, 0) is 31.5 Å². The molecule has 1 aliphatic heterocycles. The van der Waals surface area contributed by atoms with Crippen LogP contribution < -0.4 is 0 Å². The molecular formula is C21H32N4O2. The van der Waals surface area contributed by atoms with Gasteiger partial charge in [0.05, 0.1) is 0 Å². The number of benzene rings is 1. The van der Waals surface area contributed by atoms with Crippen LogP contribution in [0.3, 0.4) is 0 Å². The van der Waals surface area contributed by atoms with Crippen molar-refractivity contribution in [2.45, 2.75) is 38.7 Å². The van der Waals surface area contributed by atoms with Gasteiger partial charge in [0.1, 0.15) is 5.60 Å². The number of ether oxygens (including phenoxy) is 1. The van der Waals surface area contributed by atoms with Gasteiger partial charge in [0.25, 0.3) is 5.89 Å². The molecule has 6 heteroatoms. The van der Waals surface area contributed by atoms with E-state index >= 15 is 0 Å². The normalized spacial score (nSPS) is 17.5. The number of piperidine rings is 1. The second-order valence-corrected chi connectivity index (χ2v) is 7.25. The Balaban J connectivity index is 1.59. The first-order valence-corrected chi connectivity index (χ1v) is 10.1. The van der Waals surface area contributed by atoms with E-state index in [2.05, 4.69) is 45.9 Å². The van der Waals surface area contributed by atoms with Gasteiger partial charge >= 0.3 is 0 Å². The highest BCUT2D eigenvalue weighted by atomic mass is 16.5. The van der Waals surface area contributed by atoms with Crippen LogP contribution in [0.1, 0.15) is 44.0 Å². The summed E-state index contributed by atoms with van der Waals surface area (Å²) in [6.45, 7) is 10.9. The van der Waals surface area contributed by atoms with Crippen molar-refractivity contribution < 1.29 is 9.26 Å². The van der Waals surface area contributed by atoms with Crippen LogP contribution in [0.5, 0.6) is 0 Å². The van der Waals surface area contributed by atoms with Crippen LogP contribution in [-0.4, -0.2) is 66.3 Å². The van der Waals surface area contributed by atoms with Gasteiger partial charge in [0.2, 0.25) is 0 Å². The topological polar surface area (TPSA) is 54.6 Å². The lowest BCUT2D eigenvalue weighted by atomic mass is 9.91. The van der Waals surface area contributed by atoms with E-state index in [1.807, 2.05) is 18.2 Å². The Morgan fingerprint density at radius 1 is 1.15 bits per heavy atom. The summed E-state index contributed by atoms with van der Waals surface area (Å²) in [6, 6.07) is 10.2. The summed E-state index contributed by atoms with van der Waals surface area (Å²) in [7, 11) is 1.76. The molecule has 0 atom stereocenters. The maximum absolute atomic E-state index is 5.91. The lowest BCUT2D eigenvalue weighted by Crippen LogP contribution is -2.46. The molecule has 1 saturated heterocycles. The van der Waals surface area contributed by atoms with Gasteiger partial charge in [-0.1, -0.05) is 49.3 Å². The third kappa shape index (κ3) is 4.94. The molecule has 1 fully saturated rings. The van der Waals surface area contributed by atoms with Crippen molar-refractivity contribution in [1.29, 1.82) is 0 Å². The SMILES string of the molecule is CCN(CC)CCN1CCC(OC)(c2nc(Cc3ccccc3)no2)CC1. The number of rotatable bonds is 9. The van der Waals surface area contributed by atoms with Crippen LogP contribution in [0.2, 0.25) is 0 Å². The van der Waals surface area contributed by atoms with Gasteiger partial charge in [0, 0.05) is 39.7 Å². The lowest BCUT2D eigenvalue weighted by Gasteiger charge is -2.38. The minimum absolute atomic E-state index is 0.451. The van der Waals surface area contributed by atoms with Gasteiger partial charge < -0.3 is 19.1 Å². The average molecular weight is 373 g/mol. The maximum Gasteiger partial charge on any atom is 0.258 e. The van der Waals surface area contributed by atoms with E-state index in [0.29, 0.717) is 12.3 Å². The Bertz CT molecular complexity index is 676. The molecule has 148 valence electrons. The van der Waals surface area contributed by atoms with Crippen LogP contribution in [0.25, 0.3) is 0 Å². The second-order valence-electron chi connectivity index (χ2n) is 7.25. The molecule has 1 aromatic carbocycles. The summed E-state index contributed by atoms with van der Waals surface area (Å²) >= 11 is 0. The summed E-state index contributed by atoms with van der Waals surface area (Å²) in [5, 5.41) is 4.19. The maximum atomic E-state index is 5.91. The Hall–Kier alpha value is -1.76. The number of hydrogen-bond donors (Lipinski definition) is 0. The van der Waals surface area contributed by atoms with E-state index < -0.39 is 5.60 Å². The zero-order valence-corrected chi connectivity index (χ0v) is 16.9. The average Bonchev–Trinajstić information content (AvgIpc) is 3.19. The van der Waals surface area contributed by atoms with Crippen LogP contribution in [0.4, 0.5) is 0 Å². The van der Waals surface area contributed by atoms with Crippen LogP contribution in [0.15, 0.2) is 34.9 Å². The van der Waals surface area contributed by atoms with Crippen molar-refractivity contribution in [2.75, 3.05) is 46.4 Å². The second kappa shape index (κ2) is 9.44. The van der Waals surface area contributed by atoms with E-state index in [1.54, 1.807) is 7.11 Å². The molecule has 0 N–H and O–H groups in total. The van der Waals surface area contributed by atoms with E-state index in [1.165, 1.54) is 5.56 Å². The number of likely N-dealkylation sites (tertiary alicyclic amines) is 1. The van der Waals surface area contributed by atoms with Gasteiger partial charge in [-0.15, -0.1) is 0 Å². The van der Waals surface area contributed by atoms with Crippen molar-refractivity contribution in [3.05, 3.63) is 47.6 Å². The van der Waals surface area contributed by atoms with Gasteiger partial charge in [-0.25, -0.2) is 0 Å². The quantitative estimate of drug-likeness (QED) is 0.675. The zero-order valence-electron chi connectivity index (χ0n) is 16.9. The highest BCUT2D eigenvalue weighted by Crippen LogP contribution is 2.35. The van der Waals surface area contributed by atoms with Gasteiger partial charge in [0.15, 0.2) is 5.82 Å². The first kappa shape index (κ1) is 20.0. The first-order valence-electron chi connectivity index (χ1n) is 10.1. The van der Waals surface area contributed by atoms with Crippen molar-refractivity contribution in [2.24, 2.45) is 0 Å². The lowest BCUT2D eigenvalue weighted by molar-refractivity contribution is -0.0832. The molecule has 27 heavy (non-hydrogen) atoms. The summed E-state index contributed by atoms with van der Waals surface area (Å²) in [5.74, 6) is 1.34. The molecule has 3 rings (SSSR count). The van der Waals surface area contributed by atoms with Crippen LogP contribution in [0, 0.1) is 0 Å². The Labute approximate surface area is 162 Å². The molecule has 0 unspecified atom stereocenters. The van der Waals surface area contributed by atoms with Crippen molar-refractivity contribution >= 4 is 0 Å². The van der Waals surface area contributed by atoms with Crippen LogP contribution >= 0.6 is 0 Å². The third-order valence-corrected chi connectivity index (χ3v) is 5.74. The molecule has 2 aromatic rings. The highest BCUT2D eigenvalue weighted by molar-refractivity contribution is 5.18. The summed E-state index contributed by atoms with van der Waals surface area (Å²) in [6.07, 6.45) is 2.45. The van der Waals surface area contributed by atoms with Crippen molar-refractivity contribution in [3.63, 3.8) is 0 Å². The Morgan fingerprint density at radius 3 is 2.48 bits per heavy atom. The minimum atomic E-state index is -0.451. The molecule has 1 aromatic heterocycles. The third-order valence-electron chi connectivity index (χ3n) is 5.74. The van der Waals surface area contributed by atoms with Crippen LogP contribution in [-0.2, 0) is 16.8 Å². The van der Waals surface area contributed by atoms with E-state index in [-0.39, 0.29) is 0 Å².